The molecule has 0 saturated heterocycles. The van der Waals surface area contributed by atoms with E-state index in [4.69, 9.17) is 0 Å². The van der Waals surface area contributed by atoms with Crippen LogP contribution in [0.15, 0.2) is 22.2 Å². The lowest BCUT2D eigenvalue weighted by atomic mass is 10.2. The van der Waals surface area contributed by atoms with Gasteiger partial charge in [0, 0.05) is 11.6 Å². The van der Waals surface area contributed by atoms with E-state index in [9.17, 15) is 13.4 Å². The second-order valence-electron chi connectivity index (χ2n) is 4.93. The molecular weight excluding hydrogens is 269 g/mol. The van der Waals surface area contributed by atoms with Crippen molar-refractivity contribution < 1.29 is 8.60 Å². The molecule has 0 amide bonds. The van der Waals surface area contributed by atoms with Crippen LogP contribution in [-0.4, -0.2) is 24.0 Å². The topological polar surface area (TPSA) is 64.8 Å². The molecule has 0 radical (unpaired) electrons. The zero-order valence-corrected chi connectivity index (χ0v) is 10.7. The Hall–Kier alpha value is -1.63. The van der Waals surface area contributed by atoms with Gasteiger partial charge in [-0.2, -0.15) is 0 Å². The van der Waals surface area contributed by atoms with Crippen LogP contribution in [0.5, 0.6) is 0 Å². The van der Waals surface area contributed by atoms with E-state index in [1.165, 1.54) is 10.8 Å². The molecule has 1 saturated carbocycles. The fraction of sp³-hybridized carbons (Fsp3) is 0.417. The molecule has 98 valence electrons. The molecule has 3 heterocycles. The maximum atomic E-state index is 13.7. The van der Waals surface area contributed by atoms with Crippen LogP contribution in [0.1, 0.15) is 25.3 Å². The highest BCUT2D eigenvalue weighted by Gasteiger charge is 2.39. The summed E-state index contributed by atoms with van der Waals surface area (Å²) in [6, 6.07) is 0.914. The van der Waals surface area contributed by atoms with Crippen molar-refractivity contribution in [3.8, 4) is 0 Å². The van der Waals surface area contributed by atoms with E-state index in [1.54, 1.807) is 0 Å². The SMILES string of the molecule is O=c1c(F)cc2cnc3nc2n1C1CCCC1S3=O. The zero-order valence-electron chi connectivity index (χ0n) is 9.88. The van der Waals surface area contributed by atoms with Crippen molar-refractivity contribution in [2.45, 2.75) is 35.7 Å². The molecule has 7 heteroatoms. The summed E-state index contributed by atoms with van der Waals surface area (Å²) in [4.78, 5) is 20.3. The number of fused-ring (bicyclic) bond motifs is 3. The van der Waals surface area contributed by atoms with Crippen LogP contribution < -0.4 is 5.56 Å². The maximum absolute atomic E-state index is 13.7. The first-order chi connectivity index (χ1) is 9.16. The zero-order chi connectivity index (χ0) is 13.1. The summed E-state index contributed by atoms with van der Waals surface area (Å²) in [5.74, 6) is -0.804. The molecule has 5 nitrogen and oxygen atoms in total. The number of aromatic nitrogens is 3. The van der Waals surface area contributed by atoms with Crippen molar-refractivity contribution in [1.29, 1.82) is 0 Å². The van der Waals surface area contributed by atoms with E-state index in [1.807, 2.05) is 0 Å². The van der Waals surface area contributed by atoms with Gasteiger partial charge in [-0.3, -0.25) is 13.6 Å². The number of halogens is 1. The van der Waals surface area contributed by atoms with Gasteiger partial charge in [0.2, 0.25) is 5.16 Å². The van der Waals surface area contributed by atoms with Crippen LogP contribution in [0.2, 0.25) is 0 Å². The first-order valence-electron chi connectivity index (χ1n) is 6.15. The van der Waals surface area contributed by atoms with E-state index in [0.717, 1.165) is 25.3 Å². The molecule has 2 bridgehead atoms. The third-order valence-corrected chi connectivity index (χ3v) is 5.57. The predicted octanol–water partition coefficient (Wildman–Crippen LogP) is 1.15. The lowest BCUT2D eigenvalue weighted by molar-refractivity contribution is 0.494. The minimum Gasteiger partial charge on any atom is -0.286 e. The van der Waals surface area contributed by atoms with E-state index in [-0.39, 0.29) is 16.4 Å². The highest BCUT2D eigenvalue weighted by Crippen LogP contribution is 2.37. The largest absolute Gasteiger partial charge is 0.288 e. The number of hydrogen-bond donors (Lipinski definition) is 0. The van der Waals surface area contributed by atoms with Gasteiger partial charge in [-0.1, -0.05) is 6.42 Å². The highest BCUT2D eigenvalue weighted by molar-refractivity contribution is 7.85. The Morgan fingerprint density at radius 2 is 2.26 bits per heavy atom. The summed E-state index contributed by atoms with van der Waals surface area (Å²) >= 11 is 0. The summed E-state index contributed by atoms with van der Waals surface area (Å²) < 4.78 is 27.5. The molecule has 0 spiro atoms. The second-order valence-corrected chi connectivity index (χ2v) is 6.50. The summed E-state index contributed by atoms with van der Waals surface area (Å²) in [5, 5.41) is 0.537. The molecule has 1 aliphatic carbocycles. The predicted molar refractivity (Wildman–Crippen MR) is 66.8 cm³/mol. The first-order valence-corrected chi connectivity index (χ1v) is 7.36. The molecule has 2 aromatic rings. The number of rotatable bonds is 0. The van der Waals surface area contributed by atoms with E-state index in [2.05, 4.69) is 9.97 Å². The van der Waals surface area contributed by atoms with Gasteiger partial charge in [0.1, 0.15) is 5.65 Å². The monoisotopic (exact) mass is 279 g/mol. The Bertz CT molecular complexity index is 788. The van der Waals surface area contributed by atoms with Gasteiger partial charge in [0.15, 0.2) is 5.82 Å². The highest BCUT2D eigenvalue weighted by atomic mass is 32.2. The van der Waals surface area contributed by atoms with E-state index in [0.29, 0.717) is 11.0 Å². The molecule has 19 heavy (non-hydrogen) atoms. The van der Waals surface area contributed by atoms with Gasteiger partial charge in [-0.25, -0.2) is 14.4 Å². The number of pyridine rings is 1. The second kappa shape index (κ2) is 3.69. The van der Waals surface area contributed by atoms with Crippen LogP contribution in [0.3, 0.4) is 0 Å². The van der Waals surface area contributed by atoms with Crippen molar-refractivity contribution >= 4 is 21.8 Å². The molecule has 2 aromatic heterocycles. The maximum Gasteiger partial charge on any atom is 0.288 e. The summed E-state index contributed by atoms with van der Waals surface area (Å²) in [6.45, 7) is 0. The lowest BCUT2D eigenvalue weighted by Gasteiger charge is -2.18. The van der Waals surface area contributed by atoms with Gasteiger partial charge in [-0.15, -0.1) is 0 Å². The van der Waals surface area contributed by atoms with Crippen molar-refractivity contribution in [3.63, 3.8) is 0 Å². The quantitative estimate of drug-likeness (QED) is 0.678. The Morgan fingerprint density at radius 1 is 1.42 bits per heavy atom. The van der Waals surface area contributed by atoms with Crippen LogP contribution in [0.25, 0.3) is 11.0 Å². The van der Waals surface area contributed by atoms with Gasteiger partial charge < -0.3 is 0 Å². The first kappa shape index (κ1) is 11.2. The van der Waals surface area contributed by atoms with Gasteiger partial charge >= 0.3 is 0 Å². The molecule has 3 atom stereocenters. The molecule has 1 fully saturated rings. The minimum atomic E-state index is -1.33. The Labute approximate surface area is 109 Å². The van der Waals surface area contributed by atoms with Crippen molar-refractivity contribution in [2.24, 2.45) is 0 Å². The smallest absolute Gasteiger partial charge is 0.286 e. The van der Waals surface area contributed by atoms with Gasteiger partial charge in [0.05, 0.1) is 22.1 Å². The van der Waals surface area contributed by atoms with Crippen molar-refractivity contribution in [2.75, 3.05) is 0 Å². The fourth-order valence-electron chi connectivity index (χ4n) is 3.06. The van der Waals surface area contributed by atoms with E-state index >= 15 is 0 Å². The Morgan fingerprint density at radius 3 is 3.11 bits per heavy atom. The van der Waals surface area contributed by atoms with Gasteiger partial charge in [0.25, 0.3) is 5.56 Å². The van der Waals surface area contributed by atoms with Crippen molar-refractivity contribution in [3.05, 3.63) is 28.4 Å². The fourth-order valence-corrected chi connectivity index (χ4v) is 4.59. The van der Waals surface area contributed by atoms with Crippen LogP contribution in [0, 0.1) is 5.82 Å². The average molecular weight is 279 g/mol. The van der Waals surface area contributed by atoms with Crippen LogP contribution in [0.4, 0.5) is 4.39 Å². The normalized spacial score (nSPS) is 28.6. The standard InChI is InChI=1S/C12H10FN3O2S/c13-7-4-6-5-14-12-15-10(6)16(11(7)17)8-2-1-3-9(8)19(12)18/h4-5,8-9H,1-3H2. The van der Waals surface area contributed by atoms with Crippen molar-refractivity contribution in [1.82, 2.24) is 14.5 Å². The lowest BCUT2D eigenvalue weighted by Crippen LogP contribution is -2.31. The molecular formula is C12H10FN3O2S. The third kappa shape index (κ3) is 1.39. The minimum absolute atomic E-state index is 0.192. The molecule has 0 N–H and O–H groups in total. The molecule has 3 unspecified atom stereocenters. The molecule has 1 aliphatic heterocycles. The van der Waals surface area contributed by atoms with Gasteiger partial charge in [-0.05, 0) is 18.9 Å². The third-order valence-electron chi connectivity index (χ3n) is 3.91. The average Bonchev–Trinajstić information content (AvgIpc) is 2.84. The molecule has 2 aliphatic rings. The van der Waals surface area contributed by atoms with E-state index < -0.39 is 22.2 Å². The molecule has 0 aromatic carbocycles. The summed E-state index contributed by atoms with van der Waals surface area (Å²) in [6.07, 6.45) is 3.81. The number of nitrogens with zero attached hydrogens (tertiary/aromatic N) is 3. The molecule has 4 rings (SSSR count). The van der Waals surface area contributed by atoms with Crippen LogP contribution >= 0.6 is 0 Å². The Balaban J connectivity index is 2.18. The number of hydrogen-bond acceptors (Lipinski definition) is 4. The summed E-state index contributed by atoms with van der Waals surface area (Å²) in [7, 11) is -1.33. The Kier molecular flexibility index (Phi) is 2.18. The summed E-state index contributed by atoms with van der Waals surface area (Å²) in [5.41, 5.74) is -0.271. The van der Waals surface area contributed by atoms with Crippen LogP contribution in [-0.2, 0) is 10.8 Å².